The van der Waals surface area contributed by atoms with Crippen LogP contribution in [0.5, 0.6) is 0 Å². The first-order chi connectivity index (χ1) is 6.35. The van der Waals surface area contributed by atoms with Crippen LogP contribution in [0.3, 0.4) is 0 Å². The lowest BCUT2D eigenvalue weighted by Gasteiger charge is -2.26. The van der Waals surface area contributed by atoms with Crippen LogP contribution in [0.15, 0.2) is 0 Å². The Kier molecular flexibility index (Phi) is 2.55. The smallest absolute Gasteiger partial charge is 0.0628 e. The summed E-state index contributed by atoms with van der Waals surface area (Å²) in [6.45, 7) is 2.27. The molecule has 2 nitrogen and oxygen atoms in total. The van der Waals surface area contributed by atoms with Crippen LogP contribution in [0, 0.1) is 22.7 Å². The molecule has 0 unspecified atom stereocenters. The van der Waals surface area contributed by atoms with E-state index in [2.05, 4.69) is 11.4 Å². The molecule has 0 atom stereocenters. The van der Waals surface area contributed by atoms with Crippen molar-refractivity contribution in [3.05, 3.63) is 0 Å². The molecule has 2 heteroatoms. The molecule has 0 aromatic heterocycles. The van der Waals surface area contributed by atoms with Gasteiger partial charge >= 0.3 is 0 Å². The maximum absolute atomic E-state index is 8.63. The number of hydrogen-bond acceptors (Lipinski definition) is 2. The number of nitriles is 1. The van der Waals surface area contributed by atoms with Gasteiger partial charge in [-0.05, 0) is 43.6 Å². The molecular formula is C11H18N2. The van der Waals surface area contributed by atoms with Crippen molar-refractivity contribution in [1.29, 1.82) is 5.26 Å². The van der Waals surface area contributed by atoms with Gasteiger partial charge in [0.2, 0.25) is 0 Å². The summed E-state index contributed by atoms with van der Waals surface area (Å²) in [5.74, 6) is 0.942. The molecule has 0 heterocycles. The molecule has 0 aromatic rings. The summed E-state index contributed by atoms with van der Waals surface area (Å²) in [6, 6.07) is 2.30. The van der Waals surface area contributed by atoms with Crippen LogP contribution in [-0.2, 0) is 0 Å². The van der Waals surface area contributed by atoms with E-state index in [0.29, 0.717) is 5.41 Å². The van der Waals surface area contributed by atoms with Crippen LogP contribution in [-0.4, -0.2) is 13.1 Å². The second-order valence-electron chi connectivity index (χ2n) is 4.76. The average molecular weight is 178 g/mol. The van der Waals surface area contributed by atoms with Crippen LogP contribution >= 0.6 is 0 Å². The maximum Gasteiger partial charge on any atom is 0.0628 e. The minimum atomic E-state index is 0.387. The van der Waals surface area contributed by atoms with E-state index in [1.807, 2.05) is 0 Å². The molecule has 0 spiro atoms. The molecule has 0 bridgehead atoms. The Morgan fingerprint density at radius 3 is 2.62 bits per heavy atom. The van der Waals surface area contributed by atoms with Crippen molar-refractivity contribution in [2.45, 2.75) is 38.5 Å². The van der Waals surface area contributed by atoms with Crippen molar-refractivity contribution in [2.75, 3.05) is 13.1 Å². The van der Waals surface area contributed by atoms with Crippen LogP contribution in [0.2, 0.25) is 0 Å². The molecule has 72 valence electrons. The molecule has 0 amide bonds. The van der Waals surface area contributed by atoms with Gasteiger partial charge in [0, 0.05) is 13.0 Å². The SMILES string of the molecule is N#CCC1(CNCC2CCC2)CC1. The maximum atomic E-state index is 8.63. The minimum Gasteiger partial charge on any atom is -0.316 e. The summed E-state index contributed by atoms with van der Waals surface area (Å²) in [6.07, 6.45) is 7.54. The lowest BCUT2D eigenvalue weighted by atomic mass is 9.85. The predicted octanol–water partition coefficient (Wildman–Crippen LogP) is 2.07. The molecule has 0 aromatic carbocycles. The molecule has 2 rings (SSSR count). The molecule has 2 aliphatic carbocycles. The van der Waals surface area contributed by atoms with Gasteiger partial charge in [0.05, 0.1) is 6.07 Å². The van der Waals surface area contributed by atoms with Gasteiger partial charge < -0.3 is 5.32 Å². The lowest BCUT2D eigenvalue weighted by molar-refractivity contribution is 0.292. The third kappa shape index (κ3) is 2.22. The Labute approximate surface area is 80.3 Å². The Bertz CT molecular complexity index is 209. The lowest BCUT2D eigenvalue weighted by Crippen LogP contribution is -2.31. The molecule has 0 saturated heterocycles. The molecule has 13 heavy (non-hydrogen) atoms. The largest absolute Gasteiger partial charge is 0.316 e. The van der Waals surface area contributed by atoms with Crippen molar-refractivity contribution >= 4 is 0 Å². The zero-order chi connectivity index (χ0) is 9.15. The van der Waals surface area contributed by atoms with Gasteiger partial charge in [-0.15, -0.1) is 0 Å². The predicted molar refractivity (Wildman–Crippen MR) is 52.1 cm³/mol. The zero-order valence-corrected chi connectivity index (χ0v) is 8.18. The van der Waals surface area contributed by atoms with E-state index in [-0.39, 0.29) is 0 Å². The van der Waals surface area contributed by atoms with Gasteiger partial charge in [0.1, 0.15) is 0 Å². The highest BCUT2D eigenvalue weighted by molar-refractivity contribution is 5.00. The van der Waals surface area contributed by atoms with E-state index < -0.39 is 0 Å². The summed E-state index contributed by atoms with van der Waals surface area (Å²) in [7, 11) is 0. The third-order valence-corrected chi connectivity index (χ3v) is 3.57. The van der Waals surface area contributed by atoms with Gasteiger partial charge in [-0.1, -0.05) is 6.42 Å². The molecule has 0 aliphatic heterocycles. The van der Waals surface area contributed by atoms with E-state index in [1.165, 1.54) is 38.6 Å². The highest BCUT2D eigenvalue weighted by Crippen LogP contribution is 2.47. The van der Waals surface area contributed by atoms with Crippen LogP contribution in [0.4, 0.5) is 0 Å². The highest BCUT2D eigenvalue weighted by atomic mass is 14.9. The number of rotatable bonds is 5. The number of hydrogen-bond donors (Lipinski definition) is 1. The van der Waals surface area contributed by atoms with Gasteiger partial charge in [-0.3, -0.25) is 0 Å². The zero-order valence-electron chi connectivity index (χ0n) is 8.18. The van der Waals surface area contributed by atoms with Crippen molar-refractivity contribution in [3.63, 3.8) is 0 Å². The van der Waals surface area contributed by atoms with E-state index in [4.69, 9.17) is 5.26 Å². The standard InChI is InChI=1S/C11H18N2/c12-7-6-11(4-5-11)9-13-8-10-2-1-3-10/h10,13H,1-6,8-9H2. The first kappa shape index (κ1) is 9.02. The Morgan fingerprint density at radius 1 is 1.38 bits per heavy atom. The van der Waals surface area contributed by atoms with E-state index in [9.17, 15) is 0 Å². The minimum absolute atomic E-state index is 0.387. The number of nitrogens with one attached hydrogen (secondary N) is 1. The van der Waals surface area contributed by atoms with Crippen molar-refractivity contribution in [3.8, 4) is 6.07 Å². The van der Waals surface area contributed by atoms with Crippen molar-refractivity contribution in [1.82, 2.24) is 5.32 Å². The fourth-order valence-corrected chi connectivity index (χ4v) is 2.00. The Morgan fingerprint density at radius 2 is 2.15 bits per heavy atom. The Balaban J connectivity index is 1.59. The second kappa shape index (κ2) is 3.67. The van der Waals surface area contributed by atoms with Crippen LogP contribution in [0.25, 0.3) is 0 Å². The quantitative estimate of drug-likeness (QED) is 0.699. The fraction of sp³-hybridized carbons (Fsp3) is 0.909. The molecule has 2 saturated carbocycles. The van der Waals surface area contributed by atoms with Gasteiger partial charge in [0.15, 0.2) is 0 Å². The van der Waals surface area contributed by atoms with Crippen molar-refractivity contribution in [2.24, 2.45) is 11.3 Å². The molecular weight excluding hydrogens is 160 g/mol. The summed E-state index contributed by atoms with van der Waals surface area (Å²) in [5, 5.41) is 12.2. The van der Waals surface area contributed by atoms with Gasteiger partial charge in [-0.25, -0.2) is 0 Å². The first-order valence-electron chi connectivity index (χ1n) is 5.42. The fourth-order valence-electron chi connectivity index (χ4n) is 2.00. The summed E-state index contributed by atoms with van der Waals surface area (Å²) in [4.78, 5) is 0. The van der Waals surface area contributed by atoms with E-state index in [0.717, 1.165) is 18.9 Å². The summed E-state index contributed by atoms with van der Waals surface area (Å²) >= 11 is 0. The van der Waals surface area contributed by atoms with Crippen LogP contribution < -0.4 is 5.32 Å². The third-order valence-electron chi connectivity index (χ3n) is 3.57. The highest BCUT2D eigenvalue weighted by Gasteiger charge is 2.41. The Hall–Kier alpha value is -0.550. The molecule has 2 aliphatic rings. The van der Waals surface area contributed by atoms with Crippen LogP contribution in [0.1, 0.15) is 38.5 Å². The second-order valence-corrected chi connectivity index (χ2v) is 4.76. The topological polar surface area (TPSA) is 35.8 Å². The summed E-state index contributed by atoms with van der Waals surface area (Å²) in [5.41, 5.74) is 0.387. The average Bonchev–Trinajstić information content (AvgIpc) is 2.77. The first-order valence-corrected chi connectivity index (χ1v) is 5.42. The molecule has 2 fully saturated rings. The molecule has 0 radical (unpaired) electrons. The van der Waals surface area contributed by atoms with E-state index in [1.54, 1.807) is 0 Å². The van der Waals surface area contributed by atoms with Gasteiger partial charge in [0.25, 0.3) is 0 Å². The van der Waals surface area contributed by atoms with E-state index >= 15 is 0 Å². The normalized spacial score (nSPS) is 24.8. The number of nitrogens with zero attached hydrogens (tertiary/aromatic N) is 1. The van der Waals surface area contributed by atoms with Gasteiger partial charge in [-0.2, -0.15) is 5.26 Å². The molecule has 1 N–H and O–H groups in total. The monoisotopic (exact) mass is 178 g/mol. The van der Waals surface area contributed by atoms with Crippen molar-refractivity contribution < 1.29 is 0 Å². The summed E-state index contributed by atoms with van der Waals surface area (Å²) < 4.78 is 0.